The number of nitrogens with zero attached hydrogens (tertiary/aromatic N) is 1. The fourth-order valence-corrected chi connectivity index (χ4v) is 2.12. The van der Waals surface area contributed by atoms with E-state index in [1.165, 1.54) is 11.1 Å². The van der Waals surface area contributed by atoms with Crippen LogP contribution in [0, 0.1) is 6.92 Å². The number of nitrogens with one attached hydrogen (secondary N) is 2. The summed E-state index contributed by atoms with van der Waals surface area (Å²) in [5.74, 6) is 2.06. The van der Waals surface area contributed by atoms with Crippen molar-refractivity contribution < 1.29 is 9.47 Å². The Labute approximate surface area is 137 Å². The molecule has 0 amide bonds. The van der Waals surface area contributed by atoms with Gasteiger partial charge in [0.05, 0.1) is 14.2 Å². The molecule has 0 unspecified atom stereocenters. The Kier molecular flexibility index (Phi) is 5.86. The van der Waals surface area contributed by atoms with E-state index >= 15 is 0 Å². The third-order valence-corrected chi connectivity index (χ3v) is 3.45. The second-order valence-corrected chi connectivity index (χ2v) is 5.11. The lowest BCUT2D eigenvalue weighted by molar-refractivity contribution is 0.355. The van der Waals surface area contributed by atoms with Crippen LogP contribution in [0.2, 0.25) is 0 Å². The normalized spacial score (nSPS) is 11.0. The third kappa shape index (κ3) is 4.64. The highest BCUT2D eigenvalue weighted by Crippen LogP contribution is 2.29. The summed E-state index contributed by atoms with van der Waals surface area (Å²) < 4.78 is 10.5. The molecule has 0 radical (unpaired) electrons. The molecule has 0 bridgehead atoms. The van der Waals surface area contributed by atoms with Crippen LogP contribution in [0.1, 0.15) is 11.1 Å². The van der Waals surface area contributed by atoms with Gasteiger partial charge >= 0.3 is 0 Å². The number of hydrogen-bond acceptors (Lipinski definition) is 3. The van der Waals surface area contributed by atoms with Crippen molar-refractivity contribution in [3.05, 3.63) is 53.6 Å². The number of benzene rings is 2. The van der Waals surface area contributed by atoms with Crippen molar-refractivity contribution in [3.8, 4) is 11.5 Å². The van der Waals surface area contributed by atoms with Crippen LogP contribution >= 0.6 is 0 Å². The number of aryl methyl sites for hydroxylation is 1. The SMILES string of the molecule is CN=C(NCc1ccc(C)cc1)Nc1ccc(OC)c(OC)c1. The highest BCUT2D eigenvalue weighted by atomic mass is 16.5. The molecule has 2 N–H and O–H groups in total. The number of ether oxygens (including phenoxy) is 2. The highest BCUT2D eigenvalue weighted by molar-refractivity contribution is 5.93. The quantitative estimate of drug-likeness (QED) is 0.657. The van der Waals surface area contributed by atoms with Crippen LogP contribution in [0.3, 0.4) is 0 Å². The first kappa shape index (κ1) is 16.7. The summed E-state index contributed by atoms with van der Waals surface area (Å²) in [5.41, 5.74) is 3.33. The van der Waals surface area contributed by atoms with E-state index in [0.29, 0.717) is 24.0 Å². The summed E-state index contributed by atoms with van der Waals surface area (Å²) in [4.78, 5) is 4.24. The van der Waals surface area contributed by atoms with E-state index in [9.17, 15) is 0 Å². The van der Waals surface area contributed by atoms with Gasteiger partial charge in [-0.25, -0.2) is 0 Å². The van der Waals surface area contributed by atoms with Crippen LogP contribution in [0.4, 0.5) is 5.69 Å². The van der Waals surface area contributed by atoms with Crippen LogP contribution in [0.15, 0.2) is 47.5 Å². The number of guanidine groups is 1. The lowest BCUT2D eigenvalue weighted by Crippen LogP contribution is -2.30. The zero-order valence-electron chi connectivity index (χ0n) is 14.0. The molecule has 0 aromatic heterocycles. The van der Waals surface area contributed by atoms with E-state index in [1.54, 1.807) is 21.3 Å². The molecule has 23 heavy (non-hydrogen) atoms. The molecular weight excluding hydrogens is 290 g/mol. The van der Waals surface area contributed by atoms with Gasteiger partial charge in [0.15, 0.2) is 17.5 Å². The van der Waals surface area contributed by atoms with Gasteiger partial charge in [0.1, 0.15) is 0 Å². The fourth-order valence-electron chi connectivity index (χ4n) is 2.12. The van der Waals surface area contributed by atoms with E-state index in [0.717, 1.165) is 5.69 Å². The Hall–Kier alpha value is -2.69. The van der Waals surface area contributed by atoms with Gasteiger partial charge in [-0.1, -0.05) is 29.8 Å². The third-order valence-electron chi connectivity index (χ3n) is 3.45. The Bertz CT molecular complexity index is 666. The van der Waals surface area contributed by atoms with E-state index in [1.807, 2.05) is 18.2 Å². The van der Waals surface area contributed by atoms with Crippen molar-refractivity contribution in [1.29, 1.82) is 0 Å². The number of hydrogen-bond donors (Lipinski definition) is 2. The molecule has 2 aromatic carbocycles. The van der Waals surface area contributed by atoms with Crippen LogP contribution in [-0.2, 0) is 6.54 Å². The number of anilines is 1. The van der Waals surface area contributed by atoms with Crippen molar-refractivity contribution in [2.45, 2.75) is 13.5 Å². The van der Waals surface area contributed by atoms with Crippen LogP contribution < -0.4 is 20.1 Å². The predicted octanol–water partition coefficient (Wildman–Crippen LogP) is 3.20. The van der Waals surface area contributed by atoms with Gasteiger partial charge < -0.3 is 20.1 Å². The molecule has 0 saturated heterocycles. The number of methoxy groups -OCH3 is 2. The van der Waals surface area contributed by atoms with E-state index in [4.69, 9.17) is 9.47 Å². The standard InChI is InChI=1S/C18H23N3O2/c1-13-5-7-14(8-6-13)12-20-18(19-2)21-15-9-10-16(22-3)17(11-15)23-4/h5-11H,12H2,1-4H3,(H2,19,20,21). The molecule has 0 spiro atoms. The molecule has 2 rings (SSSR count). The van der Waals surface area contributed by atoms with Crippen molar-refractivity contribution in [2.75, 3.05) is 26.6 Å². The molecule has 5 heteroatoms. The van der Waals surface area contributed by atoms with Gasteiger partial charge in [0.25, 0.3) is 0 Å². The second-order valence-electron chi connectivity index (χ2n) is 5.11. The molecule has 2 aromatic rings. The van der Waals surface area contributed by atoms with E-state index in [-0.39, 0.29) is 0 Å². The maximum absolute atomic E-state index is 5.31. The van der Waals surface area contributed by atoms with Gasteiger partial charge in [0.2, 0.25) is 0 Å². The van der Waals surface area contributed by atoms with Gasteiger partial charge in [0, 0.05) is 25.3 Å². The van der Waals surface area contributed by atoms with Gasteiger partial charge in [-0.3, -0.25) is 4.99 Å². The van der Waals surface area contributed by atoms with E-state index < -0.39 is 0 Å². The molecule has 5 nitrogen and oxygen atoms in total. The van der Waals surface area contributed by atoms with Crippen molar-refractivity contribution in [2.24, 2.45) is 4.99 Å². The Balaban J connectivity index is 2.00. The highest BCUT2D eigenvalue weighted by Gasteiger charge is 2.06. The minimum Gasteiger partial charge on any atom is -0.493 e. The minimum absolute atomic E-state index is 0.673. The van der Waals surface area contributed by atoms with Crippen molar-refractivity contribution >= 4 is 11.6 Å². The molecule has 0 aliphatic carbocycles. The van der Waals surface area contributed by atoms with Crippen molar-refractivity contribution in [3.63, 3.8) is 0 Å². The van der Waals surface area contributed by atoms with Crippen molar-refractivity contribution in [1.82, 2.24) is 5.32 Å². The van der Waals surface area contributed by atoms with Crippen LogP contribution in [0.5, 0.6) is 11.5 Å². The summed E-state index contributed by atoms with van der Waals surface area (Å²) >= 11 is 0. The molecule has 0 atom stereocenters. The van der Waals surface area contributed by atoms with E-state index in [2.05, 4.69) is 46.8 Å². The fraction of sp³-hybridized carbons (Fsp3) is 0.278. The largest absolute Gasteiger partial charge is 0.493 e. The lowest BCUT2D eigenvalue weighted by atomic mass is 10.1. The molecule has 0 heterocycles. The summed E-state index contributed by atoms with van der Waals surface area (Å²) in [6, 6.07) is 14.0. The van der Waals surface area contributed by atoms with Gasteiger partial charge in [-0.2, -0.15) is 0 Å². The molecular formula is C18H23N3O2. The molecule has 0 aliphatic heterocycles. The first-order chi connectivity index (χ1) is 11.2. The molecule has 0 fully saturated rings. The van der Waals surface area contributed by atoms with Gasteiger partial charge in [-0.15, -0.1) is 0 Å². The molecule has 0 saturated carbocycles. The first-order valence-corrected chi connectivity index (χ1v) is 7.41. The zero-order chi connectivity index (χ0) is 16.7. The average molecular weight is 313 g/mol. The van der Waals surface area contributed by atoms with Crippen LogP contribution in [-0.4, -0.2) is 27.2 Å². The lowest BCUT2D eigenvalue weighted by Gasteiger charge is -2.14. The monoisotopic (exact) mass is 313 g/mol. The Morgan fingerprint density at radius 1 is 1.00 bits per heavy atom. The summed E-state index contributed by atoms with van der Waals surface area (Å²) in [6.07, 6.45) is 0. The smallest absolute Gasteiger partial charge is 0.195 e. The maximum Gasteiger partial charge on any atom is 0.195 e. The first-order valence-electron chi connectivity index (χ1n) is 7.41. The zero-order valence-corrected chi connectivity index (χ0v) is 14.0. The topological polar surface area (TPSA) is 54.9 Å². The maximum atomic E-state index is 5.31. The summed E-state index contributed by atoms with van der Waals surface area (Å²) in [5, 5.41) is 6.53. The molecule has 0 aliphatic rings. The Morgan fingerprint density at radius 3 is 2.30 bits per heavy atom. The minimum atomic E-state index is 0.673. The number of rotatable bonds is 5. The Morgan fingerprint density at radius 2 is 1.70 bits per heavy atom. The number of aliphatic imine (C=N–C) groups is 1. The summed E-state index contributed by atoms with van der Waals surface area (Å²) in [7, 11) is 4.98. The average Bonchev–Trinajstić information content (AvgIpc) is 2.59. The molecule has 122 valence electrons. The second kappa shape index (κ2) is 8.08. The van der Waals surface area contributed by atoms with Gasteiger partial charge in [-0.05, 0) is 24.6 Å². The predicted molar refractivity (Wildman–Crippen MR) is 94.5 cm³/mol. The summed E-state index contributed by atoms with van der Waals surface area (Å²) in [6.45, 7) is 2.78. The van der Waals surface area contributed by atoms with Crippen LogP contribution in [0.25, 0.3) is 0 Å².